The number of aryl methyl sites for hydroxylation is 1. The van der Waals surface area contributed by atoms with E-state index in [1.807, 2.05) is 13.1 Å². The van der Waals surface area contributed by atoms with Crippen molar-refractivity contribution in [1.29, 1.82) is 0 Å². The summed E-state index contributed by atoms with van der Waals surface area (Å²) < 4.78 is 0. The Kier molecular flexibility index (Phi) is 1.88. The molecule has 0 amide bonds. The van der Waals surface area contributed by atoms with Gasteiger partial charge in [-0.2, -0.15) is 0 Å². The average Bonchev–Trinajstić information content (AvgIpc) is 2.50. The maximum Gasteiger partial charge on any atom is 0.143 e. The second-order valence-corrected chi connectivity index (χ2v) is 2.95. The fraction of sp³-hybridized carbons (Fsp3) is 0.333. The van der Waals surface area contributed by atoms with Crippen LogP contribution in [0.4, 0.5) is 5.82 Å². The van der Waals surface area contributed by atoms with Gasteiger partial charge in [-0.1, -0.05) is 0 Å². The van der Waals surface area contributed by atoms with E-state index in [9.17, 15) is 0 Å². The Bertz CT molecular complexity index is 418. The van der Waals surface area contributed by atoms with Gasteiger partial charge < -0.3 is 10.3 Å². The number of anilines is 1. The quantitative estimate of drug-likeness (QED) is 0.732. The highest BCUT2D eigenvalue weighted by Gasteiger charge is 2.06. The average molecular weight is 176 g/mol. The molecule has 68 valence electrons. The molecular formula is C9H12N4. The molecule has 4 heteroatoms. The van der Waals surface area contributed by atoms with E-state index in [1.165, 1.54) is 5.56 Å². The summed E-state index contributed by atoms with van der Waals surface area (Å²) in [4.78, 5) is 11.4. The molecule has 2 rings (SSSR count). The number of hydrogen-bond acceptors (Lipinski definition) is 3. The van der Waals surface area contributed by atoms with Crippen molar-refractivity contribution >= 4 is 16.9 Å². The van der Waals surface area contributed by atoms with E-state index in [-0.39, 0.29) is 0 Å². The van der Waals surface area contributed by atoms with Gasteiger partial charge in [-0.05, 0) is 19.4 Å². The largest absolute Gasteiger partial charge is 0.370 e. The van der Waals surface area contributed by atoms with E-state index in [0.717, 1.165) is 23.4 Å². The molecule has 2 aromatic heterocycles. The molecule has 0 aliphatic rings. The zero-order valence-electron chi connectivity index (χ0n) is 7.76. The molecule has 0 fully saturated rings. The second-order valence-electron chi connectivity index (χ2n) is 2.95. The van der Waals surface area contributed by atoms with Crippen LogP contribution < -0.4 is 5.32 Å². The normalized spacial score (nSPS) is 10.6. The van der Waals surface area contributed by atoms with Crippen molar-refractivity contribution in [3.63, 3.8) is 0 Å². The van der Waals surface area contributed by atoms with Crippen LogP contribution in [0, 0.1) is 6.92 Å². The third-order valence-corrected chi connectivity index (χ3v) is 2.01. The predicted octanol–water partition coefficient (Wildman–Crippen LogP) is 1.70. The van der Waals surface area contributed by atoms with Gasteiger partial charge in [0.2, 0.25) is 0 Å². The number of H-pyrrole nitrogens is 1. The molecule has 2 heterocycles. The van der Waals surface area contributed by atoms with E-state index < -0.39 is 0 Å². The molecule has 0 atom stereocenters. The molecule has 0 aliphatic carbocycles. The van der Waals surface area contributed by atoms with Gasteiger partial charge in [-0.25, -0.2) is 9.97 Å². The number of nitrogens with zero attached hydrogens (tertiary/aromatic N) is 2. The summed E-state index contributed by atoms with van der Waals surface area (Å²) in [5.74, 6) is 0.909. The Labute approximate surface area is 76.4 Å². The molecule has 2 N–H and O–H groups in total. The van der Waals surface area contributed by atoms with Gasteiger partial charge in [0.25, 0.3) is 0 Å². The van der Waals surface area contributed by atoms with Crippen molar-refractivity contribution in [2.75, 3.05) is 11.9 Å². The first-order valence-electron chi connectivity index (χ1n) is 4.35. The van der Waals surface area contributed by atoms with Crippen LogP contribution in [0.1, 0.15) is 12.5 Å². The summed E-state index contributed by atoms with van der Waals surface area (Å²) in [6, 6.07) is 0. The molecule has 0 saturated carbocycles. The van der Waals surface area contributed by atoms with E-state index in [4.69, 9.17) is 0 Å². The molecule has 13 heavy (non-hydrogen) atoms. The lowest BCUT2D eigenvalue weighted by molar-refractivity contribution is 1.13. The molecular weight excluding hydrogens is 164 g/mol. The molecule has 0 saturated heterocycles. The van der Waals surface area contributed by atoms with E-state index in [0.29, 0.717) is 0 Å². The third kappa shape index (κ3) is 1.24. The van der Waals surface area contributed by atoms with Crippen molar-refractivity contribution < 1.29 is 0 Å². The van der Waals surface area contributed by atoms with E-state index in [1.54, 1.807) is 6.33 Å². The van der Waals surface area contributed by atoms with Gasteiger partial charge in [-0.15, -0.1) is 0 Å². The van der Waals surface area contributed by atoms with Gasteiger partial charge in [-0.3, -0.25) is 0 Å². The number of hydrogen-bond donors (Lipinski definition) is 2. The lowest BCUT2D eigenvalue weighted by Crippen LogP contribution is -2.00. The van der Waals surface area contributed by atoms with Crippen molar-refractivity contribution in [3.05, 3.63) is 18.1 Å². The van der Waals surface area contributed by atoms with Crippen molar-refractivity contribution in [3.8, 4) is 0 Å². The van der Waals surface area contributed by atoms with Gasteiger partial charge in [0.15, 0.2) is 0 Å². The number of rotatable bonds is 2. The highest BCUT2D eigenvalue weighted by atomic mass is 15.0. The number of nitrogens with one attached hydrogen (secondary N) is 2. The summed E-state index contributed by atoms with van der Waals surface area (Å²) in [7, 11) is 0. The Morgan fingerprint density at radius 3 is 3.08 bits per heavy atom. The SMILES string of the molecule is CCNc1ncnc2[nH]cc(C)c12. The Morgan fingerprint density at radius 1 is 1.46 bits per heavy atom. The van der Waals surface area contributed by atoms with Crippen LogP contribution in [0.15, 0.2) is 12.5 Å². The van der Waals surface area contributed by atoms with Gasteiger partial charge in [0.05, 0.1) is 5.39 Å². The molecule has 0 unspecified atom stereocenters. The molecule has 2 aromatic rings. The zero-order chi connectivity index (χ0) is 9.26. The van der Waals surface area contributed by atoms with Crippen molar-refractivity contribution in [2.24, 2.45) is 0 Å². The first-order valence-corrected chi connectivity index (χ1v) is 4.35. The second kappa shape index (κ2) is 3.05. The summed E-state index contributed by atoms with van der Waals surface area (Å²) in [5, 5.41) is 4.29. The fourth-order valence-corrected chi connectivity index (χ4v) is 1.42. The van der Waals surface area contributed by atoms with Gasteiger partial charge in [0.1, 0.15) is 17.8 Å². The summed E-state index contributed by atoms with van der Waals surface area (Å²) in [6.07, 6.45) is 3.51. The van der Waals surface area contributed by atoms with Crippen molar-refractivity contribution in [2.45, 2.75) is 13.8 Å². The molecule has 0 spiro atoms. The van der Waals surface area contributed by atoms with Crippen LogP contribution in [0.25, 0.3) is 11.0 Å². The summed E-state index contributed by atoms with van der Waals surface area (Å²) in [6.45, 7) is 4.97. The van der Waals surface area contributed by atoms with Crippen LogP contribution in [0.3, 0.4) is 0 Å². The fourth-order valence-electron chi connectivity index (χ4n) is 1.42. The molecule has 0 aromatic carbocycles. The van der Waals surface area contributed by atoms with Gasteiger partial charge >= 0.3 is 0 Å². The van der Waals surface area contributed by atoms with Crippen LogP contribution in [0.5, 0.6) is 0 Å². The van der Waals surface area contributed by atoms with Gasteiger partial charge in [0, 0.05) is 12.7 Å². The maximum atomic E-state index is 4.19. The smallest absolute Gasteiger partial charge is 0.143 e. The van der Waals surface area contributed by atoms with Crippen LogP contribution in [-0.4, -0.2) is 21.5 Å². The Morgan fingerprint density at radius 2 is 2.31 bits per heavy atom. The minimum absolute atomic E-state index is 0.872. The maximum absolute atomic E-state index is 4.19. The topological polar surface area (TPSA) is 53.6 Å². The lowest BCUT2D eigenvalue weighted by atomic mass is 10.2. The van der Waals surface area contributed by atoms with E-state index in [2.05, 4.69) is 27.2 Å². The molecule has 0 aliphatic heterocycles. The third-order valence-electron chi connectivity index (χ3n) is 2.01. The minimum Gasteiger partial charge on any atom is -0.370 e. The number of aromatic amines is 1. The number of fused-ring (bicyclic) bond motifs is 1. The zero-order valence-corrected chi connectivity index (χ0v) is 7.76. The molecule has 0 bridgehead atoms. The summed E-state index contributed by atoms with van der Waals surface area (Å²) >= 11 is 0. The summed E-state index contributed by atoms with van der Waals surface area (Å²) in [5.41, 5.74) is 2.06. The van der Waals surface area contributed by atoms with Crippen LogP contribution in [-0.2, 0) is 0 Å². The van der Waals surface area contributed by atoms with Crippen molar-refractivity contribution in [1.82, 2.24) is 15.0 Å². The number of aromatic nitrogens is 3. The first kappa shape index (κ1) is 8.04. The molecule has 0 radical (unpaired) electrons. The minimum atomic E-state index is 0.872. The van der Waals surface area contributed by atoms with Crippen LogP contribution >= 0.6 is 0 Å². The first-order chi connectivity index (χ1) is 6.33. The predicted molar refractivity (Wildman–Crippen MR) is 52.8 cm³/mol. The highest BCUT2D eigenvalue weighted by Crippen LogP contribution is 2.21. The molecule has 4 nitrogen and oxygen atoms in total. The standard InChI is InChI=1S/C9H12N4/c1-3-10-8-7-6(2)4-11-9(7)13-5-12-8/h4-5H,3H2,1-2H3,(H2,10,11,12,13). The lowest BCUT2D eigenvalue weighted by Gasteiger charge is -2.02. The van der Waals surface area contributed by atoms with Crippen LogP contribution in [0.2, 0.25) is 0 Å². The Hall–Kier alpha value is -1.58. The highest BCUT2D eigenvalue weighted by molar-refractivity contribution is 5.89. The monoisotopic (exact) mass is 176 g/mol. The van der Waals surface area contributed by atoms with E-state index >= 15 is 0 Å². The Balaban J connectivity index is 2.65.